The van der Waals surface area contributed by atoms with Crippen molar-refractivity contribution in [2.24, 2.45) is 5.73 Å². The standard InChI is InChI=1S/C24H40N4O6/c1-13(2)32-23-24(31,14(3)28-22(30)16(25)11-15-9-7-6-8-10-15)34-21-18(33-23)12-17(26-4)20(29)19(21)27-5/h6-10,13-14,16-21,23,26-27,29,31H,11-12,25H2,1-5H3,(H,28,30)/t14-,16+,17+,18?,19+,20+,21?,23?,24+/m1/s1. The number of benzene rings is 1. The van der Waals surface area contributed by atoms with Crippen molar-refractivity contribution < 1.29 is 29.2 Å². The van der Waals surface area contributed by atoms with Gasteiger partial charge in [-0.3, -0.25) is 4.79 Å². The van der Waals surface area contributed by atoms with Gasteiger partial charge in [-0.2, -0.15) is 0 Å². The number of fused-ring (bicyclic) bond motifs is 1. The van der Waals surface area contributed by atoms with Crippen LogP contribution in [0.5, 0.6) is 0 Å². The molecule has 0 spiro atoms. The fourth-order valence-electron chi connectivity index (χ4n) is 4.70. The molecule has 1 aromatic rings. The molecule has 34 heavy (non-hydrogen) atoms. The molecule has 10 heteroatoms. The Hall–Kier alpha value is -1.63. The van der Waals surface area contributed by atoms with Crippen molar-refractivity contribution >= 4 is 5.91 Å². The van der Waals surface area contributed by atoms with Crippen molar-refractivity contribution in [2.75, 3.05) is 14.1 Å². The number of carbonyl (C=O) groups excluding carboxylic acids is 1. The van der Waals surface area contributed by atoms with Gasteiger partial charge >= 0.3 is 0 Å². The summed E-state index contributed by atoms with van der Waals surface area (Å²) in [4.78, 5) is 12.9. The van der Waals surface area contributed by atoms with Gasteiger partial charge in [-0.25, -0.2) is 0 Å². The SMILES string of the molecule is CN[C@H]1CC2OC(OC(C)C)[C@](O)([C@@H](C)NC(=O)[C@@H](N)Cc3ccccc3)OC2[C@@H](NC)[C@H]1O. The minimum Gasteiger partial charge on any atom is -0.390 e. The Morgan fingerprint density at radius 1 is 1.24 bits per heavy atom. The van der Waals surface area contributed by atoms with Crippen LogP contribution in [0.25, 0.3) is 0 Å². The van der Waals surface area contributed by atoms with Gasteiger partial charge in [-0.15, -0.1) is 0 Å². The topological polar surface area (TPSA) is 147 Å². The second-order valence-corrected chi connectivity index (χ2v) is 9.49. The molecule has 3 unspecified atom stereocenters. The summed E-state index contributed by atoms with van der Waals surface area (Å²) in [5, 5.41) is 31.4. The first-order valence-corrected chi connectivity index (χ1v) is 11.9. The normalized spacial score (nSPS) is 35.4. The summed E-state index contributed by atoms with van der Waals surface area (Å²) >= 11 is 0. The monoisotopic (exact) mass is 480 g/mol. The highest BCUT2D eigenvalue weighted by Crippen LogP contribution is 2.38. The number of rotatable bonds is 9. The summed E-state index contributed by atoms with van der Waals surface area (Å²) in [6, 6.07) is 7.02. The van der Waals surface area contributed by atoms with Crippen molar-refractivity contribution in [3.05, 3.63) is 35.9 Å². The molecule has 0 bridgehead atoms. The number of likely N-dealkylation sites (N-methyl/N-ethyl adjacent to an activating group) is 2. The molecule has 2 fully saturated rings. The molecule has 2 aliphatic rings. The van der Waals surface area contributed by atoms with E-state index in [0.717, 1.165) is 5.56 Å². The molecule has 1 aliphatic carbocycles. The lowest BCUT2D eigenvalue weighted by atomic mass is 9.82. The van der Waals surface area contributed by atoms with Crippen molar-refractivity contribution in [3.63, 3.8) is 0 Å². The molecular formula is C24H40N4O6. The third-order valence-corrected chi connectivity index (χ3v) is 6.66. The molecular weight excluding hydrogens is 440 g/mol. The summed E-state index contributed by atoms with van der Waals surface area (Å²) in [5.74, 6) is -2.43. The highest BCUT2D eigenvalue weighted by atomic mass is 16.8. The molecule has 1 heterocycles. The maximum atomic E-state index is 12.9. The van der Waals surface area contributed by atoms with E-state index in [0.29, 0.717) is 12.8 Å². The lowest BCUT2D eigenvalue weighted by Crippen LogP contribution is -2.74. The van der Waals surface area contributed by atoms with Crippen LogP contribution in [0.15, 0.2) is 30.3 Å². The molecule has 192 valence electrons. The number of nitrogens with one attached hydrogen (secondary N) is 3. The van der Waals surface area contributed by atoms with E-state index < -0.39 is 54.4 Å². The Balaban J connectivity index is 1.78. The lowest BCUT2D eigenvalue weighted by Gasteiger charge is -2.54. The molecule has 7 N–H and O–H groups in total. The first kappa shape index (κ1) is 27.0. The Morgan fingerprint density at radius 3 is 2.50 bits per heavy atom. The summed E-state index contributed by atoms with van der Waals surface area (Å²) in [6.45, 7) is 5.27. The fraction of sp³-hybridized carbons (Fsp3) is 0.708. The molecule has 1 saturated carbocycles. The molecule has 1 aliphatic heterocycles. The van der Waals surface area contributed by atoms with E-state index in [2.05, 4.69) is 16.0 Å². The van der Waals surface area contributed by atoms with Gasteiger partial charge in [0, 0.05) is 6.04 Å². The number of ether oxygens (including phenoxy) is 3. The van der Waals surface area contributed by atoms with Crippen LogP contribution in [0, 0.1) is 0 Å². The van der Waals surface area contributed by atoms with Crippen LogP contribution < -0.4 is 21.7 Å². The largest absolute Gasteiger partial charge is 0.390 e. The predicted molar refractivity (Wildman–Crippen MR) is 127 cm³/mol. The van der Waals surface area contributed by atoms with Gasteiger partial charge in [0.1, 0.15) is 6.10 Å². The van der Waals surface area contributed by atoms with Gasteiger partial charge in [0.05, 0.1) is 36.4 Å². The van der Waals surface area contributed by atoms with Gasteiger partial charge in [0.2, 0.25) is 18.0 Å². The Bertz CT molecular complexity index is 799. The quantitative estimate of drug-likeness (QED) is 0.268. The summed E-state index contributed by atoms with van der Waals surface area (Å²) in [7, 11) is 3.50. The van der Waals surface area contributed by atoms with Crippen molar-refractivity contribution in [1.29, 1.82) is 0 Å². The van der Waals surface area contributed by atoms with Gasteiger partial charge in [-0.1, -0.05) is 30.3 Å². The molecule has 0 radical (unpaired) electrons. The second kappa shape index (κ2) is 11.4. The number of aliphatic hydroxyl groups excluding tert-OH is 1. The minimum absolute atomic E-state index is 0.221. The fourth-order valence-corrected chi connectivity index (χ4v) is 4.70. The van der Waals surface area contributed by atoms with E-state index in [1.54, 1.807) is 21.0 Å². The van der Waals surface area contributed by atoms with Crippen LogP contribution in [0.1, 0.15) is 32.8 Å². The van der Waals surface area contributed by atoms with Gasteiger partial charge in [-0.05, 0) is 53.3 Å². The van der Waals surface area contributed by atoms with Crippen LogP contribution in [-0.2, 0) is 25.4 Å². The van der Waals surface area contributed by atoms with Crippen LogP contribution in [0.2, 0.25) is 0 Å². The molecule has 1 saturated heterocycles. The molecule has 10 nitrogen and oxygen atoms in total. The van der Waals surface area contributed by atoms with E-state index >= 15 is 0 Å². The zero-order valence-electron chi connectivity index (χ0n) is 20.6. The van der Waals surface area contributed by atoms with Crippen LogP contribution >= 0.6 is 0 Å². The zero-order chi connectivity index (χ0) is 25.0. The zero-order valence-corrected chi connectivity index (χ0v) is 20.6. The third-order valence-electron chi connectivity index (χ3n) is 6.66. The van der Waals surface area contributed by atoms with E-state index in [4.69, 9.17) is 19.9 Å². The van der Waals surface area contributed by atoms with Crippen molar-refractivity contribution in [1.82, 2.24) is 16.0 Å². The van der Waals surface area contributed by atoms with Crippen molar-refractivity contribution in [3.8, 4) is 0 Å². The predicted octanol–water partition coefficient (Wildman–Crippen LogP) is -0.775. The van der Waals surface area contributed by atoms with E-state index in [-0.39, 0.29) is 12.1 Å². The number of amides is 1. The minimum atomic E-state index is -2.01. The molecule has 1 aromatic carbocycles. The van der Waals surface area contributed by atoms with E-state index in [9.17, 15) is 15.0 Å². The second-order valence-electron chi connectivity index (χ2n) is 9.49. The smallest absolute Gasteiger partial charge is 0.239 e. The number of aliphatic hydroxyl groups is 2. The van der Waals surface area contributed by atoms with Gasteiger partial charge in [0.15, 0.2) is 0 Å². The van der Waals surface area contributed by atoms with E-state index in [1.807, 2.05) is 44.2 Å². The molecule has 3 rings (SSSR count). The summed E-state index contributed by atoms with van der Waals surface area (Å²) in [5.41, 5.74) is 7.07. The van der Waals surface area contributed by atoms with Crippen LogP contribution in [0.3, 0.4) is 0 Å². The van der Waals surface area contributed by atoms with Gasteiger partial charge < -0.3 is 46.1 Å². The van der Waals surface area contributed by atoms with Crippen LogP contribution in [0.4, 0.5) is 0 Å². The average molecular weight is 481 g/mol. The number of carbonyl (C=O) groups is 1. The Morgan fingerprint density at radius 2 is 1.91 bits per heavy atom. The number of hydrogen-bond donors (Lipinski definition) is 6. The first-order chi connectivity index (χ1) is 16.1. The van der Waals surface area contributed by atoms with E-state index in [1.165, 1.54) is 0 Å². The van der Waals surface area contributed by atoms with Gasteiger partial charge in [0.25, 0.3) is 0 Å². The lowest BCUT2D eigenvalue weighted by molar-refractivity contribution is -0.425. The first-order valence-electron chi connectivity index (χ1n) is 11.9. The highest BCUT2D eigenvalue weighted by molar-refractivity contribution is 5.82. The Kier molecular flexibility index (Phi) is 9.04. The number of nitrogens with two attached hydrogens (primary N) is 1. The number of hydrogen-bond acceptors (Lipinski definition) is 9. The van der Waals surface area contributed by atoms with Crippen molar-refractivity contribution in [2.45, 2.75) is 94.3 Å². The summed E-state index contributed by atoms with van der Waals surface area (Å²) in [6.07, 6.45) is -2.48. The highest BCUT2D eigenvalue weighted by Gasteiger charge is 2.58. The molecule has 0 aromatic heterocycles. The molecule has 9 atom stereocenters. The Labute approximate surface area is 201 Å². The molecule has 1 amide bonds. The maximum Gasteiger partial charge on any atom is 0.239 e. The third kappa shape index (κ3) is 5.77. The summed E-state index contributed by atoms with van der Waals surface area (Å²) < 4.78 is 18.3. The maximum absolute atomic E-state index is 12.9. The average Bonchev–Trinajstić information content (AvgIpc) is 2.80. The van der Waals surface area contributed by atoms with Crippen LogP contribution in [-0.4, -0.2) is 90.9 Å².